The molecule has 0 N–H and O–H groups in total. The number of piperidine rings is 1. The summed E-state index contributed by atoms with van der Waals surface area (Å²) >= 11 is 0. The highest BCUT2D eigenvalue weighted by atomic mass is 32.2. The number of non-ortho nitro benzene ring substituents is 1. The van der Waals surface area contributed by atoms with E-state index >= 15 is 0 Å². The van der Waals surface area contributed by atoms with Crippen LogP contribution in [0.5, 0.6) is 0 Å². The van der Waals surface area contributed by atoms with Crippen molar-refractivity contribution in [2.75, 3.05) is 24.2 Å². The summed E-state index contributed by atoms with van der Waals surface area (Å²) in [5.41, 5.74) is 0.300. The smallest absolute Gasteiger partial charge is 0.270 e. The average molecular weight is 379 g/mol. The van der Waals surface area contributed by atoms with Crippen LogP contribution >= 0.6 is 0 Å². The summed E-state index contributed by atoms with van der Waals surface area (Å²) in [4.78, 5) is 12.4. The van der Waals surface area contributed by atoms with Gasteiger partial charge >= 0.3 is 0 Å². The van der Waals surface area contributed by atoms with Crippen LogP contribution in [0.4, 0.5) is 11.4 Å². The molecular formula is C16H21N5O4S. The van der Waals surface area contributed by atoms with Gasteiger partial charge < -0.3 is 9.47 Å². The summed E-state index contributed by atoms with van der Waals surface area (Å²) in [5.74, 6) is 1.23. The van der Waals surface area contributed by atoms with E-state index in [0.29, 0.717) is 18.8 Å². The molecule has 9 nitrogen and oxygen atoms in total. The second kappa shape index (κ2) is 7.02. The summed E-state index contributed by atoms with van der Waals surface area (Å²) in [5, 5.41) is 19.2. The Kier molecular flexibility index (Phi) is 4.94. The van der Waals surface area contributed by atoms with E-state index in [4.69, 9.17) is 0 Å². The molecule has 140 valence electrons. The molecule has 3 rings (SSSR count). The van der Waals surface area contributed by atoms with Gasteiger partial charge in [0.25, 0.3) is 5.69 Å². The topological polar surface area (TPSA) is 111 Å². The van der Waals surface area contributed by atoms with Crippen molar-refractivity contribution < 1.29 is 13.3 Å². The lowest BCUT2D eigenvalue weighted by molar-refractivity contribution is -0.385. The van der Waals surface area contributed by atoms with Crippen LogP contribution in [0.3, 0.4) is 0 Å². The number of sulfone groups is 1. The molecule has 0 bridgehead atoms. The molecule has 0 saturated carbocycles. The fourth-order valence-corrected chi connectivity index (χ4v) is 4.29. The van der Waals surface area contributed by atoms with Crippen molar-refractivity contribution in [2.45, 2.75) is 37.1 Å². The van der Waals surface area contributed by atoms with Gasteiger partial charge in [0.15, 0.2) is 9.84 Å². The highest BCUT2D eigenvalue weighted by Gasteiger charge is 2.28. The molecule has 1 aromatic carbocycles. The quantitative estimate of drug-likeness (QED) is 0.577. The van der Waals surface area contributed by atoms with Crippen molar-refractivity contribution >= 4 is 21.2 Å². The lowest BCUT2D eigenvalue weighted by Crippen LogP contribution is -2.34. The Balaban J connectivity index is 1.84. The van der Waals surface area contributed by atoms with Gasteiger partial charge in [-0.25, -0.2) is 8.42 Å². The number of nitrogens with zero attached hydrogens (tertiary/aromatic N) is 5. The normalized spacial score (nSPS) is 16.0. The van der Waals surface area contributed by atoms with Crippen LogP contribution in [0.15, 0.2) is 29.4 Å². The summed E-state index contributed by atoms with van der Waals surface area (Å²) < 4.78 is 26.3. The van der Waals surface area contributed by atoms with Crippen LogP contribution < -0.4 is 4.90 Å². The van der Waals surface area contributed by atoms with Gasteiger partial charge in [-0.3, -0.25) is 10.1 Å². The van der Waals surface area contributed by atoms with Gasteiger partial charge in [-0.15, -0.1) is 10.2 Å². The minimum Gasteiger partial charge on any atom is -0.370 e. The number of nitro benzene ring substituents is 1. The first-order valence-electron chi connectivity index (χ1n) is 8.42. The second-order valence-electron chi connectivity index (χ2n) is 6.42. The SMILES string of the molecule is CCn1cnnc1C1CCN(c2ccc([N+](=O)[O-])cc2S(C)(=O)=O)CC1. The minimum atomic E-state index is -3.58. The van der Waals surface area contributed by atoms with E-state index in [1.807, 2.05) is 16.4 Å². The molecule has 2 aromatic rings. The number of aryl methyl sites for hydroxylation is 1. The van der Waals surface area contributed by atoms with Gasteiger partial charge in [0.2, 0.25) is 0 Å². The molecule has 1 aliphatic heterocycles. The molecule has 10 heteroatoms. The van der Waals surface area contributed by atoms with Crippen molar-refractivity contribution in [1.82, 2.24) is 14.8 Å². The maximum atomic E-state index is 12.1. The molecule has 1 saturated heterocycles. The third-order valence-electron chi connectivity index (χ3n) is 4.74. The molecule has 26 heavy (non-hydrogen) atoms. The van der Waals surface area contributed by atoms with Crippen molar-refractivity contribution in [1.29, 1.82) is 0 Å². The number of anilines is 1. The standard InChI is InChI=1S/C16H21N5O4S/c1-3-19-11-17-18-16(19)12-6-8-20(9-7-12)14-5-4-13(21(22)23)10-15(14)26(2,24)25/h4-5,10-12H,3,6-9H2,1-2H3. The first kappa shape index (κ1) is 18.3. The zero-order chi connectivity index (χ0) is 18.9. The first-order valence-corrected chi connectivity index (χ1v) is 10.3. The van der Waals surface area contributed by atoms with Gasteiger partial charge in [-0.05, 0) is 25.8 Å². The van der Waals surface area contributed by atoms with Gasteiger partial charge in [-0.2, -0.15) is 0 Å². The predicted octanol–water partition coefficient (Wildman–Crippen LogP) is 1.99. The fraction of sp³-hybridized carbons (Fsp3) is 0.500. The van der Waals surface area contributed by atoms with Gasteiger partial charge in [0.1, 0.15) is 12.2 Å². The molecule has 0 amide bonds. The molecule has 0 atom stereocenters. The number of aromatic nitrogens is 3. The maximum Gasteiger partial charge on any atom is 0.270 e. The van der Waals surface area contributed by atoms with E-state index in [2.05, 4.69) is 10.2 Å². The van der Waals surface area contributed by atoms with Crippen LogP contribution in [0, 0.1) is 10.1 Å². The summed E-state index contributed by atoms with van der Waals surface area (Å²) in [6, 6.07) is 4.03. The predicted molar refractivity (Wildman–Crippen MR) is 96.1 cm³/mol. The molecule has 0 radical (unpaired) electrons. The Morgan fingerprint density at radius 1 is 1.31 bits per heavy atom. The van der Waals surface area contributed by atoms with E-state index in [0.717, 1.165) is 37.5 Å². The molecule has 0 spiro atoms. The summed E-state index contributed by atoms with van der Waals surface area (Å²) in [6.07, 6.45) is 4.43. The summed E-state index contributed by atoms with van der Waals surface area (Å²) in [6.45, 7) is 4.16. The highest BCUT2D eigenvalue weighted by Crippen LogP contribution is 2.34. The van der Waals surface area contributed by atoms with Crippen LogP contribution in [-0.2, 0) is 16.4 Å². The van der Waals surface area contributed by atoms with E-state index in [1.165, 1.54) is 12.1 Å². The Morgan fingerprint density at radius 3 is 2.58 bits per heavy atom. The third-order valence-corrected chi connectivity index (χ3v) is 5.87. The number of rotatable bonds is 5. The average Bonchev–Trinajstić information content (AvgIpc) is 3.09. The summed E-state index contributed by atoms with van der Waals surface area (Å²) in [7, 11) is -3.58. The number of nitro groups is 1. The molecule has 1 aromatic heterocycles. The molecule has 0 unspecified atom stereocenters. The van der Waals surface area contributed by atoms with Crippen molar-refractivity contribution in [3.63, 3.8) is 0 Å². The minimum absolute atomic E-state index is 0.00174. The van der Waals surface area contributed by atoms with E-state index in [1.54, 1.807) is 6.33 Å². The maximum absolute atomic E-state index is 12.1. The highest BCUT2D eigenvalue weighted by molar-refractivity contribution is 7.90. The second-order valence-corrected chi connectivity index (χ2v) is 8.40. The van der Waals surface area contributed by atoms with E-state index in [-0.39, 0.29) is 16.5 Å². The Labute approximate surface area is 151 Å². The van der Waals surface area contributed by atoms with Crippen molar-refractivity contribution in [3.8, 4) is 0 Å². The molecule has 1 fully saturated rings. The van der Waals surface area contributed by atoms with E-state index in [9.17, 15) is 18.5 Å². The number of hydrogen-bond acceptors (Lipinski definition) is 7. The van der Waals surface area contributed by atoms with Gasteiger partial charge in [0, 0.05) is 43.9 Å². The van der Waals surface area contributed by atoms with Crippen LogP contribution in [0.1, 0.15) is 31.5 Å². The van der Waals surface area contributed by atoms with Crippen molar-refractivity contribution in [2.24, 2.45) is 0 Å². The Bertz CT molecular complexity index is 916. The molecular weight excluding hydrogens is 358 g/mol. The number of benzene rings is 1. The zero-order valence-electron chi connectivity index (χ0n) is 14.7. The lowest BCUT2D eigenvalue weighted by Gasteiger charge is -2.34. The molecule has 1 aliphatic rings. The van der Waals surface area contributed by atoms with E-state index < -0.39 is 14.8 Å². The van der Waals surface area contributed by atoms with Crippen LogP contribution in [0.25, 0.3) is 0 Å². The first-order chi connectivity index (χ1) is 12.3. The Morgan fingerprint density at radius 2 is 2.00 bits per heavy atom. The number of hydrogen-bond donors (Lipinski definition) is 0. The van der Waals surface area contributed by atoms with Crippen molar-refractivity contribution in [3.05, 3.63) is 40.5 Å². The monoisotopic (exact) mass is 379 g/mol. The molecule has 0 aliphatic carbocycles. The Hall–Kier alpha value is -2.49. The fourth-order valence-electron chi connectivity index (χ4n) is 3.38. The van der Waals surface area contributed by atoms with Gasteiger partial charge in [-0.1, -0.05) is 0 Å². The lowest BCUT2D eigenvalue weighted by atomic mass is 9.95. The third kappa shape index (κ3) is 3.55. The van der Waals surface area contributed by atoms with Gasteiger partial charge in [0.05, 0.1) is 15.5 Å². The van der Waals surface area contributed by atoms with Crippen LogP contribution in [0.2, 0.25) is 0 Å². The van der Waals surface area contributed by atoms with Crippen LogP contribution in [-0.4, -0.2) is 47.5 Å². The largest absolute Gasteiger partial charge is 0.370 e. The zero-order valence-corrected chi connectivity index (χ0v) is 15.5. The molecule has 2 heterocycles.